The molecule has 4 rings (SSSR count). The Morgan fingerprint density at radius 3 is 2.58 bits per heavy atom. The maximum Gasteiger partial charge on any atom is 0.275 e. The second-order valence-electron chi connectivity index (χ2n) is 8.38. The molecule has 1 aliphatic carbocycles. The Balaban J connectivity index is 1.62. The van der Waals surface area contributed by atoms with Crippen molar-refractivity contribution >= 4 is 27.3 Å². The van der Waals surface area contributed by atoms with Crippen molar-refractivity contribution in [3.63, 3.8) is 0 Å². The molecular formula is C21H25FN6O4S. The average molecular weight is 477 g/mol. The van der Waals surface area contributed by atoms with E-state index in [-0.39, 0.29) is 28.7 Å². The Bertz CT molecular complexity index is 1200. The van der Waals surface area contributed by atoms with Crippen LogP contribution in [0.3, 0.4) is 0 Å². The maximum absolute atomic E-state index is 14.8. The molecule has 0 bridgehead atoms. The van der Waals surface area contributed by atoms with Crippen LogP contribution in [-0.4, -0.2) is 47.7 Å². The van der Waals surface area contributed by atoms with Gasteiger partial charge >= 0.3 is 0 Å². The highest BCUT2D eigenvalue weighted by Gasteiger charge is 2.56. The average Bonchev–Trinajstić information content (AvgIpc) is 2.79. The molecule has 33 heavy (non-hydrogen) atoms. The minimum Gasteiger partial charge on any atom is -0.480 e. The first-order chi connectivity index (χ1) is 15.6. The molecule has 1 aromatic heterocycles. The van der Waals surface area contributed by atoms with E-state index in [0.717, 1.165) is 12.5 Å². The zero-order chi connectivity index (χ0) is 23.9. The fourth-order valence-electron chi connectivity index (χ4n) is 4.47. The van der Waals surface area contributed by atoms with Crippen LogP contribution < -0.4 is 21.1 Å². The van der Waals surface area contributed by atoms with Crippen LogP contribution in [0, 0.1) is 11.2 Å². The van der Waals surface area contributed by atoms with E-state index in [0.29, 0.717) is 25.7 Å². The number of halogens is 1. The molecule has 1 saturated heterocycles. The number of carbonyl (C=O) groups excluding carboxylic acids is 1. The third kappa shape index (κ3) is 4.04. The van der Waals surface area contributed by atoms with E-state index < -0.39 is 37.7 Å². The van der Waals surface area contributed by atoms with Gasteiger partial charge in [0.2, 0.25) is 5.88 Å². The predicted octanol–water partition coefficient (Wildman–Crippen LogP) is 1.69. The summed E-state index contributed by atoms with van der Waals surface area (Å²) >= 11 is 0. The van der Waals surface area contributed by atoms with E-state index in [1.807, 2.05) is 0 Å². The molecule has 2 heterocycles. The van der Waals surface area contributed by atoms with E-state index in [1.165, 1.54) is 31.6 Å². The van der Waals surface area contributed by atoms with Crippen molar-refractivity contribution in [1.82, 2.24) is 15.3 Å². The predicted molar refractivity (Wildman–Crippen MR) is 119 cm³/mol. The number of sulfone groups is 1. The molecule has 2 aliphatic rings. The molecule has 5 N–H and O–H groups in total. The van der Waals surface area contributed by atoms with Gasteiger partial charge in [-0.25, -0.2) is 22.8 Å². The van der Waals surface area contributed by atoms with Gasteiger partial charge in [-0.05, 0) is 31.0 Å². The molecule has 0 unspecified atom stereocenters. The Kier molecular flexibility index (Phi) is 5.83. The van der Waals surface area contributed by atoms with E-state index in [4.69, 9.17) is 15.9 Å². The number of hydrogen-bond acceptors (Lipinski definition) is 8. The Morgan fingerprint density at radius 2 is 1.97 bits per heavy atom. The molecule has 1 aromatic carbocycles. The van der Waals surface area contributed by atoms with Crippen LogP contribution in [0.2, 0.25) is 0 Å². The van der Waals surface area contributed by atoms with Crippen molar-refractivity contribution < 1.29 is 22.3 Å². The van der Waals surface area contributed by atoms with E-state index in [1.54, 1.807) is 0 Å². The Morgan fingerprint density at radius 1 is 1.24 bits per heavy atom. The van der Waals surface area contributed by atoms with E-state index in [9.17, 15) is 17.6 Å². The van der Waals surface area contributed by atoms with Crippen molar-refractivity contribution in [2.75, 3.05) is 18.2 Å². The van der Waals surface area contributed by atoms with Crippen LogP contribution in [0.4, 0.5) is 10.1 Å². The summed E-state index contributed by atoms with van der Waals surface area (Å²) in [6, 6.07) is 3.67. The molecule has 176 valence electrons. The third-order valence-electron chi connectivity index (χ3n) is 6.25. The largest absolute Gasteiger partial charge is 0.480 e. The normalized spacial score (nSPS) is 23.5. The number of methoxy groups -OCH3 is 1. The van der Waals surface area contributed by atoms with Crippen LogP contribution in [0.5, 0.6) is 5.88 Å². The standard InChI is InChI=1S/C21H25FN6O4S/c1-32-17-11-25-16(10-26-17)18(29)27-13-5-6-15(22)14(9-13)21(24)12-33(30,31)20(19(23)28-21)7-3-2-4-8-20/h5-6,9-11H,2-4,7-8,12,24H2,1H3,(H2,23,28)(H,27,29)/t21-/m0/s1. The van der Waals surface area contributed by atoms with Crippen molar-refractivity contribution in [1.29, 1.82) is 5.41 Å². The highest BCUT2D eigenvalue weighted by atomic mass is 32.2. The number of nitrogens with two attached hydrogens (primary N) is 1. The molecule has 10 nitrogen and oxygen atoms in total. The summed E-state index contributed by atoms with van der Waals surface area (Å²) in [6.07, 6.45) is 5.51. The number of carbonyl (C=O) groups is 1. The zero-order valence-electron chi connectivity index (χ0n) is 18.0. The second-order valence-corrected chi connectivity index (χ2v) is 10.7. The van der Waals surface area contributed by atoms with Gasteiger partial charge in [-0.2, -0.15) is 0 Å². The number of aromatic nitrogens is 2. The van der Waals surface area contributed by atoms with Crippen molar-refractivity contribution in [3.8, 4) is 5.88 Å². The van der Waals surface area contributed by atoms with Crippen molar-refractivity contribution in [2.45, 2.75) is 42.5 Å². The molecular weight excluding hydrogens is 451 g/mol. The molecule has 12 heteroatoms. The second kappa shape index (κ2) is 8.34. The highest BCUT2D eigenvalue weighted by molar-refractivity contribution is 7.93. The van der Waals surface area contributed by atoms with Crippen molar-refractivity contribution in [3.05, 3.63) is 47.7 Å². The van der Waals surface area contributed by atoms with Crippen LogP contribution in [0.1, 0.15) is 48.2 Å². The number of rotatable bonds is 4. The first-order valence-corrected chi connectivity index (χ1v) is 12.1. The molecule has 1 spiro atoms. The van der Waals surface area contributed by atoms with Crippen LogP contribution in [0.25, 0.3) is 0 Å². The smallest absolute Gasteiger partial charge is 0.275 e. The van der Waals surface area contributed by atoms with Crippen LogP contribution >= 0.6 is 0 Å². The number of nitrogens with one attached hydrogen (secondary N) is 3. The summed E-state index contributed by atoms with van der Waals surface area (Å²) in [7, 11) is -2.43. The summed E-state index contributed by atoms with van der Waals surface area (Å²) in [6.45, 7) is 0. The van der Waals surface area contributed by atoms with Gasteiger partial charge < -0.3 is 21.1 Å². The van der Waals surface area contributed by atoms with Gasteiger partial charge in [-0.3, -0.25) is 10.2 Å². The lowest BCUT2D eigenvalue weighted by Crippen LogP contribution is -2.70. The van der Waals surface area contributed by atoms with E-state index in [2.05, 4.69) is 20.6 Å². The van der Waals surface area contributed by atoms with Crippen LogP contribution in [0.15, 0.2) is 30.6 Å². The van der Waals surface area contributed by atoms with Gasteiger partial charge in [0.25, 0.3) is 5.91 Å². The topological polar surface area (TPSA) is 160 Å². The fourth-order valence-corrected chi connectivity index (χ4v) is 6.85. The number of amidine groups is 1. The van der Waals surface area contributed by atoms with Gasteiger partial charge in [-0.1, -0.05) is 19.3 Å². The lowest BCUT2D eigenvalue weighted by atomic mass is 9.86. The lowest BCUT2D eigenvalue weighted by molar-refractivity contribution is 0.102. The number of nitrogens with zero attached hydrogens (tertiary/aromatic N) is 2. The van der Waals surface area contributed by atoms with E-state index >= 15 is 0 Å². The maximum atomic E-state index is 14.8. The number of benzene rings is 1. The van der Waals surface area contributed by atoms with Gasteiger partial charge in [-0.15, -0.1) is 0 Å². The fraction of sp³-hybridized carbons (Fsp3) is 0.429. The van der Waals surface area contributed by atoms with Crippen LogP contribution in [-0.2, 0) is 15.5 Å². The van der Waals surface area contributed by atoms with Gasteiger partial charge in [0.15, 0.2) is 9.84 Å². The quantitative estimate of drug-likeness (QED) is 0.518. The number of anilines is 1. The van der Waals surface area contributed by atoms with Gasteiger partial charge in [0.1, 0.15) is 27.8 Å². The number of hydrogen-bond donors (Lipinski definition) is 4. The minimum absolute atomic E-state index is 0.00326. The summed E-state index contributed by atoms with van der Waals surface area (Å²) in [5.41, 5.74) is 4.52. The first-order valence-electron chi connectivity index (χ1n) is 10.5. The molecule has 2 aromatic rings. The number of amides is 1. The third-order valence-corrected chi connectivity index (χ3v) is 8.89. The summed E-state index contributed by atoms with van der Waals surface area (Å²) in [4.78, 5) is 20.4. The SMILES string of the molecule is COc1cnc(C(=O)Nc2ccc(F)c([C@]3(N)CS(=O)(=O)C4(CCCCC4)C(=N)N3)c2)cn1. The minimum atomic E-state index is -3.85. The Hall–Kier alpha value is -3.12. The summed E-state index contributed by atoms with van der Waals surface area (Å²) in [5.74, 6) is -1.90. The monoisotopic (exact) mass is 476 g/mol. The van der Waals surface area contributed by atoms with Gasteiger partial charge in [0.05, 0.1) is 25.3 Å². The first kappa shape index (κ1) is 23.1. The molecule has 2 fully saturated rings. The van der Waals surface area contributed by atoms with Gasteiger partial charge in [0, 0.05) is 11.3 Å². The van der Waals surface area contributed by atoms with Crippen molar-refractivity contribution in [2.24, 2.45) is 5.73 Å². The lowest BCUT2D eigenvalue weighted by Gasteiger charge is -2.47. The number of ether oxygens (including phenoxy) is 1. The summed E-state index contributed by atoms with van der Waals surface area (Å²) < 4.78 is 45.0. The molecule has 1 saturated carbocycles. The highest BCUT2D eigenvalue weighted by Crippen LogP contribution is 2.42. The summed E-state index contributed by atoms with van der Waals surface area (Å²) in [5, 5.41) is 13.8. The molecule has 1 atom stereocenters. The molecule has 0 radical (unpaired) electrons. The zero-order valence-corrected chi connectivity index (χ0v) is 18.8. The molecule has 1 aliphatic heterocycles. The Labute approximate surface area is 190 Å². The molecule has 1 amide bonds.